The van der Waals surface area contributed by atoms with Gasteiger partial charge in [0.15, 0.2) is 0 Å². The Labute approximate surface area is 89.6 Å². The summed E-state index contributed by atoms with van der Waals surface area (Å²) >= 11 is 0. The van der Waals surface area contributed by atoms with Crippen LogP contribution < -0.4 is 9.39 Å². The smallest absolute Gasteiger partial charge is 0.512 e. The molecule has 0 fully saturated rings. The van der Waals surface area contributed by atoms with Crippen LogP contribution in [0.3, 0.4) is 0 Å². The molecule has 0 bridgehead atoms. The molecule has 0 aliphatic carbocycles. The van der Waals surface area contributed by atoms with E-state index >= 15 is 0 Å². The monoisotopic (exact) mass is 210 g/mol. The molecule has 0 amide bonds. The lowest BCUT2D eigenvalue weighted by Crippen LogP contribution is -2.20. The normalized spacial score (nSPS) is 10.3. The number of hydrogen-bond donors (Lipinski definition) is 2. The second kappa shape index (κ2) is 5.05. The van der Waals surface area contributed by atoms with Gasteiger partial charge < -0.3 is 19.4 Å². The highest BCUT2D eigenvalue weighted by Crippen LogP contribution is 2.24. The van der Waals surface area contributed by atoms with Crippen molar-refractivity contribution in [1.29, 1.82) is 0 Å². The zero-order valence-electron chi connectivity index (χ0n) is 9.10. The minimum absolute atomic E-state index is 0.110. The predicted octanol–water partition coefficient (Wildman–Crippen LogP) is 1.13. The van der Waals surface area contributed by atoms with Crippen molar-refractivity contribution in [2.75, 3.05) is 0 Å². The summed E-state index contributed by atoms with van der Waals surface area (Å²) in [7, 11) is -1.79. The molecule has 2 N–H and O–H groups in total. The first-order valence-corrected chi connectivity index (χ1v) is 4.79. The maximum Gasteiger partial charge on any atom is 0.707 e. The fourth-order valence-corrected chi connectivity index (χ4v) is 1.20. The van der Waals surface area contributed by atoms with E-state index in [2.05, 4.69) is 0 Å². The van der Waals surface area contributed by atoms with E-state index in [-0.39, 0.29) is 6.10 Å². The van der Waals surface area contributed by atoms with Crippen LogP contribution in [0.1, 0.15) is 19.4 Å². The van der Waals surface area contributed by atoms with Gasteiger partial charge >= 0.3 is 7.32 Å². The van der Waals surface area contributed by atoms with Gasteiger partial charge in [0.05, 0.1) is 6.10 Å². The molecule has 4 nitrogen and oxygen atoms in total. The van der Waals surface area contributed by atoms with Gasteiger partial charge in [-0.25, -0.2) is 0 Å². The first kappa shape index (κ1) is 11.9. The van der Waals surface area contributed by atoms with Crippen molar-refractivity contribution in [3.8, 4) is 11.5 Å². The summed E-state index contributed by atoms with van der Waals surface area (Å²) in [6.45, 7) is 5.76. The molecular weight excluding hydrogens is 195 g/mol. The molecule has 0 radical (unpaired) electrons. The van der Waals surface area contributed by atoms with E-state index in [1.807, 2.05) is 20.8 Å². The molecule has 1 rings (SSSR count). The zero-order chi connectivity index (χ0) is 11.4. The summed E-state index contributed by atoms with van der Waals surface area (Å²) in [5.74, 6) is 1.17. The topological polar surface area (TPSA) is 58.9 Å². The van der Waals surface area contributed by atoms with Crippen LogP contribution in [0.5, 0.6) is 11.5 Å². The van der Waals surface area contributed by atoms with Crippen molar-refractivity contribution < 1.29 is 19.4 Å². The summed E-state index contributed by atoms with van der Waals surface area (Å²) in [5, 5.41) is 17.2. The maximum absolute atomic E-state index is 8.61. The van der Waals surface area contributed by atoms with E-state index in [1.165, 1.54) is 0 Å². The predicted molar refractivity (Wildman–Crippen MR) is 57.8 cm³/mol. The largest absolute Gasteiger partial charge is 0.707 e. The van der Waals surface area contributed by atoms with E-state index in [9.17, 15) is 0 Å². The van der Waals surface area contributed by atoms with Crippen molar-refractivity contribution in [2.45, 2.75) is 26.9 Å². The van der Waals surface area contributed by atoms with Gasteiger partial charge in [0.25, 0.3) is 0 Å². The van der Waals surface area contributed by atoms with Crippen LogP contribution in [0.15, 0.2) is 18.2 Å². The molecule has 0 unspecified atom stereocenters. The minimum Gasteiger partial charge on any atom is -0.512 e. The zero-order valence-corrected chi connectivity index (χ0v) is 9.10. The van der Waals surface area contributed by atoms with Gasteiger partial charge in [-0.1, -0.05) is 0 Å². The maximum atomic E-state index is 8.61. The van der Waals surface area contributed by atoms with Crippen LogP contribution in [0.2, 0.25) is 0 Å². The molecule has 0 aliphatic heterocycles. The third kappa shape index (κ3) is 3.81. The summed E-state index contributed by atoms with van der Waals surface area (Å²) in [6.07, 6.45) is 0.110. The molecule has 0 aromatic heterocycles. The lowest BCUT2D eigenvalue weighted by molar-refractivity contribution is 0.240. The van der Waals surface area contributed by atoms with E-state index in [0.29, 0.717) is 5.75 Å². The van der Waals surface area contributed by atoms with Crippen LogP contribution in [0.25, 0.3) is 0 Å². The van der Waals surface area contributed by atoms with Crippen LogP contribution in [-0.2, 0) is 0 Å². The molecular formula is C10H15BO4. The first-order chi connectivity index (χ1) is 6.99. The van der Waals surface area contributed by atoms with Crippen molar-refractivity contribution in [3.05, 3.63) is 23.8 Å². The Hall–Kier alpha value is -1.20. The van der Waals surface area contributed by atoms with E-state index in [1.54, 1.807) is 18.2 Å². The molecule has 0 heterocycles. The number of rotatable bonds is 4. The number of aryl methyl sites for hydroxylation is 1. The summed E-state index contributed by atoms with van der Waals surface area (Å²) in [6, 6.07) is 5.06. The minimum atomic E-state index is -1.79. The fourth-order valence-electron chi connectivity index (χ4n) is 1.20. The van der Waals surface area contributed by atoms with Crippen molar-refractivity contribution >= 4 is 7.32 Å². The second-order valence-corrected chi connectivity index (χ2v) is 3.54. The molecule has 0 spiro atoms. The van der Waals surface area contributed by atoms with Crippen LogP contribution in [0, 0.1) is 6.92 Å². The lowest BCUT2D eigenvalue weighted by atomic mass is 10.2. The molecule has 1 aromatic carbocycles. The van der Waals surface area contributed by atoms with Crippen molar-refractivity contribution in [3.63, 3.8) is 0 Å². The van der Waals surface area contributed by atoms with Crippen LogP contribution in [-0.4, -0.2) is 23.5 Å². The Morgan fingerprint density at radius 2 is 1.93 bits per heavy atom. The molecule has 15 heavy (non-hydrogen) atoms. The van der Waals surface area contributed by atoms with Gasteiger partial charge in [-0.15, -0.1) is 0 Å². The van der Waals surface area contributed by atoms with Gasteiger partial charge in [-0.05, 0) is 44.5 Å². The van der Waals surface area contributed by atoms with Crippen molar-refractivity contribution in [2.24, 2.45) is 0 Å². The van der Waals surface area contributed by atoms with Gasteiger partial charge in [-0.3, -0.25) is 0 Å². The fraction of sp³-hybridized carbons (Fsp3) is 0.400. The third-order valence-electron chi connectivity index (χ3n) is 1.75. The Morgan fingerprint density at radius 1 is 1.27 bits per heavy atom. The van der Waals surface area contributed by atoms with Gasteiger partial charge in [0.1, 0.15) is 11.5 Å². The number of hydrogen-bond acceptors (Lipinski definition) is 4. The van der Waals surface area contributed by atoms with Crippen molar-refractivity contribution in [1.82, 2.24) is 0 Å². The second-order valence-electron chi connectivity index (χ2n) is 3.54. The quantitative estimate of drug-likeness (QED) is 0.731. The molecule has 0 saturated heterocycles. The number of ether oxygens (including phenoxy) is 1. The molecule has 5 heteroatoms. The highest BCUT2D eigenvalue weighted by Gasteiger charge is 2.12. The van der Waals surface area contributed by atoms with Gasteiger partial charge in [0.2, 0.25) is 0 Å². The molecule has 0 atom stereocenters. The highest BCUT2D eigenvalue weighted by molar-refractivity contribution is 6.33. The standard InChI is InChI=1S/C10H15BO4/c1-7(2)14-10-5-4-9(6-8(10)3)15-11(12)13/h4-7,12-13H,1-3H3. The first-order valence-electron chi connectivity index (χ1n) is 4.79. The molecule has 1 aromatic rings. The van der Waals surface area contributed by atoms with Gasteiger partial charge in [0, 0.05) is 0 Å². The van der Waals surface area contributed by atoms with Crippen LogP contribution >= 0.6 is 0 Å². The Kier molecular flexibility index (Phi) is 4.00. The Morgan fingerprint density at radius 3 is 2.40 bits per heavy atom. The summed E-state index contributed by atoms with van der Waals surface area (Å²) < 4.78 is 10.2. The van der Waals surface area contributed by atoms with E-state index in [0.717, 1.165) is 11.3 Å². The summed E-state index contributed by atoms with van der Waals surface area (Å²) in [4.78, 5) is 0. The SMILES string of the molecule is Cc1cc(OB(O)O)ccc1OC(C)C. The van der Waals surface area contributed by atoms with Gasteiger partial charge in [-0.2, -0.15) is 0 Å². The Bertz CT molecular complexity index is 325. The van der Waals surface area contributed by atoms with Crippen LogP contribution in [0.4, 0.5) is 0 Å². The molecule has 0 aliphatic rings. The molecule has 0 saturated carbocycles. The lowest BCUT2D eigenvalue weighted by Gasteiger charge is -2.13. The average molecular weight is 210 g/mol. The van der Waals surface area contributed by atoms with E-state index < -0.39 is 7.32 Å². The Balaban J connectivity index is 2.78. The third-order valence-corrected chi connectivity index (χ3v) is 1.75. The molecule has 82 valence electrons. The highest BCUT2D eigenvalue weighted by atomic mass is 16.6. The summed E-state index contributed by atoms with van der Waals surface area (Å²) in [5.41, 5.74) is 0.891. The van der Waals surface area contributed by atoms with E-state index in [4.69, 9.17) is 19.4 Å². The average Bonchev–Trinajstić information content (AvgIpc) is 2.08. The number of benzene rings is 1.